The molecular weight excluding hydrogens is 275 g/mol. The molecule has 2 rings (SSSR count). The Morgan fingerprint density at radius 2 is 1.90 bits per heavy atom. The number of nitro benzene ring substituents is 1. The van der Waals surface area contributed by atoms with E-state index < -0.39 is 16.4 Å². The molecule has 2 aromatic rings. The van der Waals surface area contributed by atoms with Crippen molar-refractivity contribution in [1.82, 2.24) is 0 Å². The molecule has 0 saturated heterocycles. The van der Waals surface area contributed by atoms with E-state index in [1.54, 1.807) is 0 Å². The maximum atomic E-state index is 13.2. The Balaban J connectivity index is 2.07. The van der Waals surface area contributed by atoms with Crippen molar-refractivity contribution in [2.45, 2.75) is 13.3 Å². The van der Waals surface area contributed by atoms with E-state index in [-0.39, 0.29) is 18.0 Å². The van der Waals surface area contributed by atoms with E-state index in [0.717, 1.165) is 23.3 Å². The summed E-state index contributed by atoms with van der Waals surface area (Å²) in [5, 5.41) is 13.2. The number of carbonyl (C=O) groups is 1. The molecule has 0 saturated carbocycles. The third kappa shape index (κ3) is 3.85. The third-order valence-electron chi connectivity index (χ3n) is 2.91. The molecule has 1 N–H and O–H groups in total. The second kappa shape index (κ2) is 6.13. The van der Waals surface area contributed by atoms with Crippen LogP contribution in [0.4, 0.5) is 15.8 Å². The zero-order valence-electron chi connectivity index (χ0n) is 11.3. The highest BCUT2D eigenvalue weighted by Crippen LogP contribution is 2.21. The third-order valence-corrected chi connectivity index (χ3v) is 2.91. The predicted octanol–water partition coefficient (Wildman–Crippen LogP) is 3.22. The van der Waals surface area contributed by atoms with Crippen LogP contribution in [0.1, 0.15) is 11.1 Å². The molecule has 0 heterocycles. The van der Waals surface area contributed by atoms with Gasteiger partial charge in [-0.25, -0.2) is 0 Å². The molecule has 0 unspecified atom stereocenters. The van der Waals surface area contributed by atoms with Crippen LogP contribution in [-0.2, 0) is 11.2 Å². The van der Waals surface area contributed by atoms with Gasteiger partial charge < -0.3 is 5.32 Å². The zero-order valence-corrected chi connectivity index (χ0v) is 11.3. The van der Waals surface area contributed by atoms with Crippen LogP contribution in [-0.4, -0.2) is 10.8 Å². The van der Waals surface area contributed by atoms with E-state index in [2.05, 4.69) is 5.32 Å². The number of hydrogen-bond donors (Lipinski definition) is 1. The topological polar surface area (TPSA) is 72.2 Å². The normalized spacial score (nSPS) is 10.2. The van der Waals surface area contributed by atoms with Crippen molar-refractivity contribution in [2.75, 3.05) is 5.32 Å². The number of carbonyl (C=O) groups excluding carboxylic acids is 1. The van der Waals surface area contributed by atoms with Crippen molar-refractivity contribution in [3.8, 4) is 0 Å². The van der Waals surface area contributed by atoms with Crippen LogP contribution >= 0.6 is 0 Å². The molecule has 0 aliphatic heterocycles. The Labute approximate surface area is 120 Å². The number of aryl methyl sites for hydroxylation is 1. The Morgan fingerprint density at radius 3 is 2.52 bits per heavy atom. The number of nitro groups is 1. The van der Waals surface area contributed by atoms with Crippen LogP contribution in [0.3, 0.4) is 0 Å². The second-order valence-electron chi connectivity index (χ2n) is 4.63. The first-order valence-electron chi connectivity index (χ1n) is 6.25. The Morgan fingerprint density at radius 1 is 1.24 bits per heavy atom. The van der Waals surface area contributed by atoms with Gasteiger partial charge in [-0.3, -0.25) is 14.9 Å². The van der Waals surface area contributed by atoms with Crippen molar-refractivity contribution in [3.63, 3.8) is 0 Å². The predicted molar refractivity (Wildman–Crippen MR) is 76.6 cm³/mol. The molecule has 5 nitrogen and oxygen atoms in total. The number of hydrogen-bond acceptors (Lipinski definition) is 3. The molecule has 0 aromatic heterocycles. The minimum atomic E-state index is -0.934. The first-order chi connectivity index (χ1) is 9.95. The van der Waals surface area contributed by atoms with Gasteiger partial charge in [0.2, 0.25) is 11.7 Å². The Bertz CT molecular complexity index is 684. The summed E-state index contributed by atoms with van der Waals surface area (Å²) in [4.78, 5) is 21.7. The van der Waals surface area contributed by atoms with E-state index in [4.69, 9.17) is 0 Å². The first-order valence-corrected chi connectivity index (χ1v) is 6.25. The smallest absolute Gasteiger partial charge is 0.306 e. The van der Waals surface area contributed by atoms with Gasteiger partial charge in [-0.1, -0.05) is 29.8 Å². The number of amides is 1. The van der Waals surface area contributed by atoms with Crippen LogP contribution in [0.2, 0.25) is 0 Å². The van der Waals surface area contributed by atoms with Crippen LogP contribution in [0, 0.1) is 22.9 Å². The fourth-order valence-corrected chi connectivity index (χ4v) is 1.83. The van der Waals surface area contributed by atoms with Crippen LogP contribution < -0.4 is 5.32 Å². The zero-order chi connectivity index (χ0) is 15.4. The van der Waals surface area contributed by atoms with Crippen LogP contribution in [0.25, 0.3) is 0 Å². The van der Waals surface area contributed by atoms with Gasteiger partial charge in [0.05, 0.1) is 11.3 Å². The Kier molecular flexibility index (Phi) is 4.27. The van der Waals surface area contributed by atoms with Gasteiger partial charge in [-0.15, -0.1) is 0 Å². The van der Waals surface area contributed by atoms with E-state index in [1.807, 2.05) is 31.2 Å². The lowest BCUT2D eigenvalue weighted by molar-refractivity contribution is -0.387. The van der Waals surface area contributed by atoms with Crippen LogP contribution in [0.15, 0.2) is 42.5 Å². The lowest BCUT2D eigenvalue weighted by Crippen LogP contribution is -2.14. The molecule has 2 aromatic carbocycles. The van der Waals surface area contributed by atoms with Crippen molar-refractivity contribution in [1.29, 1.82) is 0 Å². The average Bonchev–Trinajstić information content (AvgIpc) is 2.43. The summed E-state index contributed by atoms with van der Waals surface area (Å²) < 4.78 is 13.2. The molecule has 21 heavy (non-hydrogen) atoms. The summed E-state index contributed by atoms with van der Waals surface area (Å²) in [7, 11) is 0. The van der Waals surface area contributed by atoms with E-state index in [1.165, 1.54) is 6.07 Å². The Hall–Kier alpha value is -2.76. The number of anilines is 1. The second-order valence-corrected chi connectivity index (χ2v) is 4.63. The van der Waals surface area contributed by atoms with E-state index >= 15 is 0 Å². The molecule has 0 bridgehead atoms. The van der Waals surface area contributed by atoms with Gasteiger partial charge in [0.15, 0.2) is 0 Å². The minimum absolute atomic E-state index is 0.144. The van der Waals surface area contributed by atoms with Gasteiger partial charge in [0.1, 0.15) is 0 Å². The molecule has 0 spiro atoms. The largest absolute Gasteiger partial charge is 0.326 e. The number of rotatable bonds is 4. The van der Waals surface area contributed by atoms with E-state index in [9.17, 15) is 19.3 Å². The summed E-state index contributed by atoms with van der Waals surface area (Å²) in [5.74, 6) is -1.25. The standard InChI is InChI=1S/C15H13FN2O3/c1-10-2-4-11(5-3-10)8-15(19)17-12-6-7-13(16)14(9-12)18(20)21/h2-7,9H,8H2,1H3,(H,17,19). The monoisotopic (exact) mass is 288 g/mol. The van der Waals surface area contributed by atoms with Crippen LogP contribution in [0.5, 0.6) is 0 Å². The number of nitrogens with one attached hydrogen (secondary N) is 1. The highest BCUT2D eigenvalue weighted by Gasteiger charge is 2.15. The van der Waals surface area contributed by atoms with Gasteiger partial charge in [0, 0.05) is 11.8 Å². The molecule has 1 amide bonds. The fourth-order valence-electron chi connectivity index (χ4n) is 1.83. The maximum absolute atomic E-state index is 13.2. The van der Waals surface area contributed by atoms with Crippen molar-refractivity contribution in [3.05, 3.63) is 69.5 Å². The van der Waals surface area contributed by atoms with Gasteiger partial charge in [0.25, 0.3) is 0 Å². The van der Waals surface area contributed by atoms with Gasteiger partial charge >= 0.3 is 5.69 Å². The minimum Gasteiger partial charge on any atom is -0.326 e. The number of halogens is 1. The average molecular weight is 288 g/mol. The highest BCUT2D eigenvalue weighted by atomic mass is 19.1. The summed E-state index contributed by atoms with van der Waals surface area (Å²) in [6.45, 7) is 1.95. The molecule has 0 atom stereocenters. The van der Waals surface area contributed by atoms with E-state index in [0.29, 0.717) is 0 Å². The summed E-state index contributed by atoms with van der Waals surface area (Å²) in [6, 6.07) is 10.7. The molecule has 0 aliphatic rings. The quantitative estimate of drug-likeness (QED) is 0.693. The summed E-state index contributed by atoms with van der Waals surface area (Å²) >= 11 is 0. The molecular formula is C15H13FN2O3. The van der Waals surface area contributed by atoms with Crippen molar-refractivity contribution >= 4 is 17.3 Å². The highest BCUT2D eigenvalue weighted by molar-refractivity contribution is 5.92. The summed E-state index contributed by atoms with van der Waals surface area (Å²) in [5.41, 5.74) is 1.45. The first kappa shape index (κ1) is 14.6. The van der Waals surface area contributed by atoms with Gasteiger partial charge in [-0.05, 0) is 24.6 Å². The molecule has 0 radical (unpaired) electrons. The maximum Gasteiger partial charge on any atom is 0.306 e. The molecule has 108 valence electrons. The number of nitrogens with zero attached hydrogens (tertiary/aromatic N) is 1. The lowest BCUT2D eigenvalue weighted by Gasteiger charge is -2.06. The summed E-state index contributed by atoms with van der Waals surface area (Å²) in [6.07, 6.45) is 0.144. The SMILES string of the molecule is Cc1ccc(CC(=O)Nc2ccc(F)c([N+](=O)[O-])c2)cc1. The van der Waals surface area contributed by atoms with Crippen molar-refractivity contribution < 1.29 is 14.1 Å². The van der Waals surface area contributed by atoms with Crippen molar-refractivity contribution in [2.24, 2.45) is 0 Å². The number of benzene rings is 2. The molecule has 0 fully saturated rings. The lowest BCUT2D eigenvalue weighted by atomic mass is 10.1. The fraction of sp³-hybridized carbons (Fsp3) is 0.133. The molecule has 0 aliphatic carbocycles. The molecule has 6 heteroatoms. The van der Waals surface area contributed by atoms with Gasteiger partial charge in [-0.2, -0.15) is 4.39 Å².